The Balaban J connectivity index is 1.86. The monoisotopic (exact) mass is 314 g/mol. The number of fused-ring (bicyclic) bond motifs is 1. The standard InChI is InChI=1S/C18H26N4O/c1-21(2)13-15-17(20-16-11-7-8-12-22(15)16)18(23)19-14-9-5-3-4-6-10-14/h7-8,11-12,14H,3-6,9-10,13H2,1-2H3,(H,19,23). The molecular weight excluding hydrogens is 288 g/mol. The number of rotatable bonds is 4. The predicted molar refractivity (Wildman–Crippen MR) is 91.5 cm³/mol. The van der Waals surface area contributed by atoms with Crippen LogP contribution in [-0.2, 0) is 6.54 Å². The van der Waals surface area contributed by atoms with Crippen molar-refractivity contribution in [2.45, 2.75) is 51.1 Å². The molecule has 1 saturated carbocycles. The third-order valence-corrected chi connectivity index (χ3v) is 4.50. The van der Waals surface area contributed by atoms with Gasteiger partial charge in [0.25, 0.3) is 5.91 Å². The summed E-state index contributed by atoms with van der Waals surface area (Å²) in [5.74, 6) is -0.0301. The van der Waals surface area contributed by atoms with Crippen LogP contribution in [0.25, 0.3) is 5.65 Å². The van der Waals surface area contributed by atoms with Crippen molar-refractivity contribution in [2.75, 3.05) is 14.1 Å². The van der Waals surface area contributed by atoms with Gasteiger partial charge in [0.1, 0.15) is 5.65 Å². The van der Waals surface area contributed by atoms with Crippen LogP contribution in [0.1, 0.15) is 54.7 Å². The van der Waals surface area contributed by atoms with Crippen LogP contribution in [-0.4, -0.2) is 40.3 Å². The number of imidazole rings is 1. The Morgan fingerprint density at radius 3 is 2.70 bits per heavy atom. The Hall–Kier alpha value is -1.88. The highest BCUT2D eigenvalue weighted by atomic mass is 16.2. The van der Waals surface area contributed by atoms with E-state index in [9.17, 15) is 4.79 Å². The summed E-state index contributed by atoms with van der Waals surface area (Å²) in [4.78, 5) is 19.4. The van der Waals surface area contributed by atoms with E-state index in [1.165, 1.54) is 25.7 Å². The molecule has 1 amide bonds. The highest BCUT2D eigenvalue weighted by Gasteiger charge is 2.22. The van der Waals surface area contributed by atoms with Crippen LogP contribution in [0, 0.1) is 0 Å². The first-order valence-corrected chi connectivity index (χ1v) is 8.56. The lowest BCUT2D eigenvalue weighted by Gasteiger charge is -2.16. The second-order valence-corrected chi connectivity index (χ2v) is 6.74. The van der Waals surface area contributed by atoms with Crippen LogP contribution in [0.3, 0.4) is 0 Å². The van der Waals surface area contributed by atoms with E-state index in [4.69, 9.17) is 0 Å². The Labute approximate surface area is 137 Å². The topological polar surface area (TPSA) is 49.6 Å². The molecule has 5 heteroatoms. The van der Waals surface area contributed by atoms with Gasteiger partial charge < -0.3 is 14.6 Å². The fourth-order valence-electron chi connectivity index (χ4n) is 3.36. The Bertz CT molecular complexity index is 669. The summed E-state index contributed by atoms with van der Waals surface area (Å²) in [6.07, 6.45) is 9.13. The Morgan fingerprint density at radius 1 is 1.26 bits per heavy atom. The minimum atomic E-state index is -0.0301. The summed E-state index contributed by atoms with van der Waals surface area (Å²) in [5, 5.41) is 3.22. The number of carbonyl (C=O) groups is 1. The SMILES string of the molecule is CN(C)Cc1c(C(=O)NC2CCCCCC2)nc2ccccn12. The summed E-state index contributed by atoms with van der Waals surface area (Å²) < 4.78 is 2.02. The van der Waals surface area contributed by atoms with Gasteiger partial charge in [-0.15, -0.1) is 0 Å². The number of nitrogens with one attached hydrogen (secondary N) is 1. The van der Waals surface area contributed by atoms with Gasteiger partial charge in [-0.2, -0.15) is 0 Å². The quantitative estimate of drug-likeness (QED) is 0.883. The van der Waals surface area contributed by atoms with Gasteiger partial charge in [-0.05, 0) is 39.1 Å². The highest BCUT2D eigenvalue weighted by molar-refractivity contribution is 5.94. The minimum Gasteiger partial charge on any atom is -0.348 e. The van der Waals surface area contributed by atoms with Crippen LogP contribution in [0.15, 0.2) is 24.4 Å². The first kappa shape index (κ1) is 16.0. The van der Waals surface area contributed by atoms with Crippen molar-refractivity contribution in [2.24, 2.45) is 0 Å². The van der Waals surface area contributed by atoms with Gasteiger partial charge in [0, 0.05) is 18.8 Å². The minimum absolute atomic E-state index is 0.0301. The molecule has 1 aliphatic carbocycles. The molecule has 2 heterocycles. The molecule has 0 spiro atoms. The van der Waals surface area contributed by atoms with Gasteiger partial charge in [-0.1, -0.05) is 31.7 Å². The molecule has 0 atom stereocenters. The van der Waals surface area contributed by atoms with Gasteiger partial charge in [0.05, 0.1) is 5.69 Å². The van der Waals surface area contributed by atoms with E-state index >= 15 is 0 Å². The Morgan fingerprint density at radius 2 is 2.00 bits per heavy atom. The van der Waals surface area contributed by atoms with Crippen molar-refractivity contribution in [3.63, 3.8) is 0 Å². The zero-order chi connectivity index (χ0) is 16.2. The predicted octanol–water partition coefficient (Wildman–Crippen LogP) is 2.85. The van der Waals surface area contributed by atoms with E-state index < -0.39 is 0 Å². The van der Waals surface area contributed by atoms with Crippen molar-refractivity contribution in [1.82, 2.24) is 19.6 Å². The van der Waals surface area contributed by atoms with Crippen LogP contribution in [0.5, 0.6) is 0 Å². The average Bonchev–Trinajstić information content (AvgIpc) is 2.70. The zero-order valence-electron chi connectivity index (χ0n) is 14.1. The molecule has 2 aromatic rings. The van der Waals surface area contributed by atoms with Gasteiger partial charge in [0.2, 0.25) is 0 Å². The van der Waals surface area contributed by atoms with E-state index in [0.717, 1.165) is 24.2 Å². The maximum Gasteiger partial charge on any atom is 0.272 e. The van der Waals surface area contributed by atoms with Gasteiger partial charge in [0.15, 0.2) is 5.69 Å². The summed E-state index contributed by atoms with van der Waals surface area (Å²) in [7, 11) is 4.02. The third kappa shape index (κ3) is 3.72. The van der Waals surface area contributed by atoms with Crippen molar-refractivity contribution < 1.29 is 4.79 Å². The second kappa shape index (κ2) is 7.13. The summed E-state index contributed by atoms with van der Waals surface area (Å²) in [6.45, 7) is 0.693. The number of hydrogen-bond acceptors (Lipinski definition) is 3. The fraction of sp³-hybridized carbons (Fsp3) is 0.556. The molecule has 5 nitrogen and oxygen atoms in total. The third-order valence-electron chi connectivity index (χ3n) is 4.50. The molecule has 124 valence electrons. The molecule has 0 radical (unpaired) electrons. The molecular formula is C18H26N4O. The molecule has 1 fully saturated rings. The molecule has 0 saturated heterocycles. The number of nitrogens with zero attached hydrogens (tertiary/aromatic N) is 3. The lowest BCUT2D eigenvalue weighted by Crippen LogP contribution is -2.35. The summed E-state index contributed by atoms with van der Waals surface area (Å²) >= 11 is 0. The Kier molecular flexibility index (Phi) is 4.96. The first-order chi connectivity index (χ1) is 11.1. The lowest BCUT2D eigenvalue weighted by molar-refractivity contribution is 0.0927. The normalized spacial score (nSPS) is 16.7. The van der Waals surface area contributed by atoms with E-state index in [1.807, 2.05) is 42.9 Å². The molecule has 3 rings (SSSR count). The van der Waals surface area contributed by atoms with Gasteiger partial charge in [-0.3, -0.25) is 4.79 Å². The zero-order valence-corrected chi connectivity index (χ0v) is 14.1. The van der Waals surface area contributed by atoms with Gasteiger partial charge in [-0.25, -0.2) is 4.98 Å². The average molecular weight is 314 g/mol. The molecule has 1 aliphatic rings. The van der Waals surface area contributed by atoms with Gasteiger partial charge >= 0.3 is 0 Å². The molecule has 1 N–H and O–H groups in total. The number of pyridine rings is 1. The molecule has 0 bridgehead atoms. The van der Waals surface area contributed by atoms with E-state index in [0.29, 0.717) is 18.3 Å². The number of amides is 1. The smallest absolute Gasteiger partial charge is 0.272 e. The largest absolute Gasteiger partial charge is 0.348 e. The number of carbonyl (C=O) groups excluding carboxylic acids is 1. The molecule has 0 aromatic carbocycles. The molecule has 2 aromatic heterocycles. The van der Waals surface area contributed by atoms with Crippen LogP contribution < -0.4 is 5.32 Å². The number of aromatic nitrogens is 2. The fourth-order valence-corrected chi connectivity index (χ4v) is 3.36. The van der Waals surface area contributed by atoms with Crippen molar-refractivity contribution >= 4 is 11.6 Å². The van der Waals surface area contributed by atoms with Crippen LogP contribution in [0.2, 0.25) is 0 Å². The van der Waals surface area contributed by atoms with Crippen LogP contribution >= 0.6 is 0 Å². The van der Waals surface area contributed by atoms with E-state index in [2.05, 4.69) is 15.2 Å². The maximum absolute atomic E-state index is 12.8. The van der Waals surface area contributed by atoms with Crippen molar-refractivity contribution in [1.29, 1.82) is 0 Å². The highest BCUT2D eigenvalue weighted by Crippen LogP contribution is 2.19. The maximum atomic E-state index is 12.8. The van der Waals surface area contributed by atoms with Crippen molar-refractivity contribution in [3.05, 3.63) is 35.8 Å². The number of hydrogen-bond donors (Lipinski definition) is 1. The molecule has 0 aliphatic heterocycles. The van der Waals surface area contributed by atoms with Crippen molar-refractivity contribution in [3.8, 4) is 0 Å². The summed E-state index contributed by atoms with van der Waals surface area (Å²) in [5.41, 5.74) is 2.35. The first-order valence-electron chi connectivity index (χ1n) is 8.56. The van der Waals surface area contributed by atoms with E-state index in [-0.39, 0.29) is 5.91 Å². The summed E-state index contributed by atoms with van der Waals surface area (Å²) in [6, 6.07) is 6.17. The lowest BCUT2D eigenvalue weighted by atomic mass is 10.1. The molecule has 23 heavy (non-hydrogen) atoms. The van der Waals surface area contributed by atoms with E-state index in [1.54, 1.807) is 0 Å². The van der Waals surface area contributed by atoms with Crippen LogP contribution in [0.4, 0.5) is 0 Å². The molecule has 0 unspecified atom stereocenters. The second-order valence-electron chi connectivity index (χ2n) is 6.74.